The zero-order valence-corrected chi connectivity index (χ0v) is 14.3. The highest BCUT2D eigenvalue weighted by molar-refractivity contribution is 7.92. The molecular formula is C16H16ClNO4S. The summed E-state index contributed by atoms with van der Waals surface area (Å²) in [4.78, 5) is 11.4. The molecule has 0 fully saturated rings. The molecule has 0 N–H and O–H groups in total. The summed E-state index contributed by atoms with van der Waals surface area (Å²) in [7, 11) is -2.19. The van der Waals surface area contributed by atoms with Crippen molar-refractivity contribution in [2.75, 3.05) is 17.7 Å². The van der Waals surface area contributed by atoms with Gasteiger partial charge >= 0.3 is 5.97 Å². The van der Waals surface area contributed by atoms with Gasteiger partial charge in [0.1, 0.15) is 0 Å². The van der Waals surface area contributed by atoms with Crippen LogP contribution in [0.5, 0.6) is 0 Å². The number of hydrogen-bond donors (Lipinski definition) is 0. The molecule has 0 aliphatic carbocycles. The normalized spacial score (nSPS) is 11.1. The van der Waals surface area contributed by atoms with Gasteiger partial charge in [0.05, 0.1) is 31.2 Å². The molecule has 0 spiro atoms. The minimum Gasteiger partial charge on any atom is -0.465 e. The number of ether oxygens (including phenoxy) is 1. The second kappa shape index (κ2) is 7.02. The Kier molecular flexibility index (Phi) is 5.28. The van der Waals surface area contributed by atoms with Gasteiger partial charge in [0.25, 0.3) is 0 Å². The maximum Gasteiger partial charge on any atom is 0.337 e. The van der Waals surface area contributed by atoms with E-state index in [9.17, 15) is 13.2 Å². The van der Waals surface area contributed by atoms with Crippen molar-refractivity contribution in [1.82, 2.24) is 0 Å². The minimum absolute atomic E-state index is 0.174. The highest BCUT2D eigenvalue weighted by atomic mass is 35.5. The number of rotatable bonds is 5. The lowest BCUT2D eigenvalue weighted by Crippen LogP contribution is -2.29. The molecule has 0 unspecified atom stereocenters. The van der Waals surface area contributed by atoms with E-state index in [0.29, 0.717) is 16.3 Å². The summed E-state index contributed by atoms with van der Waals surface area (Å²) in [6, 6.07) is 13.1. The fraction of sp³-hybridized carbons (Fsp3) is 0.188. The van der Waals surface area contributed by atoms with E-state index >= 15 is 0 Å². The van der Waals surface area contributed by atoms with Crippen molar-refractivity contribution in [2.24, 2.45) is 0 Å². The molecule has 0 aliphatic heterocycles. The number of anilines is 1. The molecule has 23 heavy (non-hydrogen) atoms. The molecule has 5 nitrogen and oxygen atoms in total. The van der Waals surface area contributed by atoms with Crippen LogP contribution in [0, 0.1) is 0 Å². The van der Waals surface area contributed by atoms with Gasteiger partial charge < -0.3 is 4.74 Å². The highest BCUT2D eigenvalue weighted by Crippen LogP contribution is 2.22. The predicted molar refractivity (Wildman–Crippen MR) is 90.3 cm³/mol. The summed E-state index contributed by atoms with van der Waals surface area (Å²) < 4.78 is 30.1. The summed E-state index contributed by atoms with van der Waals surface area (Å²) in [5.74, 6) is -0.472. The molecule has 0 bridgehead atoms. The van der Waals surface area contributed by atoms with E-state index < -0.39 is 16.0 Å². The zero-order chi connectivity index (χ0) is 17.0. The minimum atomic E-state index is -3.48. The number of hydrogen-bond acceptors (Lipinski definition) is 4. The van der Waals surface area contributed by atoms with E-state index in [2.05, 4.69) is 4.74 Å². The Morgan fingerprint density at radius 3 is 2.13 bits per heavy atom. The van der Waals surface area contributed by atoms with E-state index in [1.807, 2.05) is 0 Å². The van der Waals surface area contributed by atoms with Gasteiger partial charge in [-0.3, -0.25) is 4.31 Å². The zero-order valence-electron chi connectivity index (χ0n) is 12.7. The molecule has 0 saturated heterocycles. The monoisotopic (exact) mass is 353 g/mol. The number of nitrogens with zero attached hydrogens (tertiary/aromatic N) is 1. The van der Waals surface area contributed by atoms with Crippen molar-refractivity contribution in [2.45, 2.75) is 6.54 Å². The van der Waals surface area contributed by atoms with Crippen molar-refractivity contribution in [3.8, 4) is 0 Å². The van der Waals surface area contributed by atoms with Crippen LogP contribution in [0.3, 0.4) is 0 Å². The first kappa shape index (κ1) is 17.3. The number of carbonyl (C=O) groups excluding carboxylic acids is 1. The number of esters is 1. The smallest absolute Gasteiger partial charge is 0.337 e. The second-order valence-electron chi connectivity index (χ2n) is 4.93. The van der Waals surface area contributed by atoms with Crippen LogP contribution in [-0.2, 0) is 21.3 Å². The summed E-state index contributed by atoms with van der Waals surface area (Å²) in [6.07, 6.45) is 1.14. The van der Waals surface area contributed by atoms with Gasteiger partial charge in [-0.2, -0.15) is 0 Å². The average Bonchev–Trinajstić information content (AvgIpc) is 2.52. The molecule has 2 rings (SSSR count). The Labute approximate surface area is 140 Å². The van der Waals surface area contributed by atoms with E-state index in [4.69, 9.17) is 11.6 Å². The molecule has 0 atom stereocenters. The van der Waals surface area contributed by atoms with Crippen LogP contribution >= 0.6 is 11.6 Å². The summed E-state index contributed by atoms with van der Waals surface area (Å²) in [5, 5.41) is 0.585. The van der Waals surface area contributed by atoms with Crippen LogP contribution in [0.1, 0.15) is 15.9 Å². The van der Waals surface area contributed by atoms with Gasteiger partial charge in [-0.05, 0) is 42.0 Å². The Morgan fingerprint density at radius 1 is 1.09 bits per heavy atom. The molecule has 2 aromatic rings. The van der Waals surface area contributed by atoms with Gasteiger partial charge in [0, 0.05) is 5.02 Å². The summed E-state index contributed by atoms with van der Waals surface area (Å²) >= 11 is 5.84. The third-order valence-electron chi connectivity index (χ3n) is 3.22. The topological polar surface area (TPSA) is 63.7 Å². The molecule has 122 valence electrons. The Bertz CT molecular complexity index is 786. The van der Waals surface area contributed by atoms with Crippen LogP contribution in [0.2, 0.25) is 5.02 Å². The first-order chi connectivity index (χ1) is 10.8. The van der Waals surface area contributed by atoms with Crippen LogP contribution in [-0.4, -0.2) is 27.8 Å². The van der Waals surface area contributed by atoms with Crippen molar-refractivity contribution < 1.29 is 17.9 Å². The largest absolute Gasteiger partial charge is 0.465 e. The summed E-state index contributed by atoms with van der Waals surface area (Å²) in [6.45, 7) is 0.174. The van der Waals surface area contributed by atoms with Crippen LogP contribution in [0.15, 0.2) is 48.5 Å². The van der Waals surface area contributed by atoms with Crippen molar-refractivity contribution >= 4 is 33.3 Å². The number of halogens is 1. The maximum absolute atomic E-state index is 12.1. The van der Waals surface area contributed by atoms with Gasteiger partial charge in [0.15, 0.2) is 0 Å². The molecule has 0 amide bonds. The molecule has 0 saturated carbocycles. The number of benzene rings is 2. The van der Waals surface area contributed by atoms with E-state index in [-0.39, 0.29) is 6.54 Å². The third kappa shape index (κ3) is 4.46. The van der Waals surface area contributed by atoms with Crippen molar-refractivity contribution in [1.29, 1.82) is 0 Å². The Balaban J connectivity index is 2.32. The van der Waals surface area contributed by atoms with Crippen molar-refractivity contribution in [3.63, 3.8) is 0 Å². The predicted octanol–water partition coefficient (Wildman–Crippen LogP) is 3.09. The average molecular weight is 354 g/mol. The van der Waals surface area contributed by atoms with Crippen LogP contribution in [0.25, 0.3) is 0 Å². The Hall–Kier alpha value is -2.05. The number of methoxy groups -OCH3 is 1. The SMILES string of the molecule is COC(=O)c1ccc(N(Cc2ccc(Cl)cc2)S(C)(=O)=O)cc1. The van der Waals surface area contributed by atoms with E-state index in [1.165, 1.54) is 23.5 Å². The molecule has 0 aliphatic rings. The molecule has 7 heteroatoms. The second-order valence-corrected chi connectivity index (χ2v) is 7.28. The van der Waals surface area contributed by atoms with Crippen molar-refractivity contribution in [3.05, 3.63) is 64.7 Å². The van der Waals surface area contributed by atoms with Gasteiger partial charge in [-0.1, -0.05) is 23.7 Å². The Morgan fingerprint density at radius 2 is 1.65 bits per heavy atom. The highest BCUT2D eigenvalue weighted by Gasteiger charge is 2.18. The first-order valence-electron chi connectivity index (χ1n) is 6.72. The molecule has 0 aromatic heterocycles. The molecule has 0 heterocycles. The van der Waals surface area contributed by atoms with Gasteiger partial charge in [-0.25, -0.2) is 13.2 Å². The van der Waals surface area contributed by atoms with E-state index in [1.54, 1.807) is 36.4 Å². The number of sulfonamides is 1. The van der Waals surface area contributed by atoms with Crippen LogP contribution in [0.4, 0.5) is 5.69 Å². The van der Waals surface area contributed by atoms with Crippen LogP contribution < -0.4 is 4.31 Å². The third-order valence-corrected chi connectivity index (χ3v) is 4.61. The fourth-order valence-corrected chi connectivity index (χ4v) is 3.05. The lowest BCUT2D eigenvalue weighted by molar-refractivity contribution is 0.0601. The molecule has 2 aromatic carbocycles. The standard InChI is InChI=1S/C16H16ClNO4S/c1-22-16(19)13-5-9-15(10-6-13)18(23(2,20)21)11-12-3-7-14(17)8-4-12/h3-10H,11H2,1-2H3. The molecular weight excluding hydrogens is 338 g/mol. The number of carbonyl (C=O) groups is 1. The molecule has 0 radical (unpaired) electrons. The quantitative estimate of drug-likeness (QED) is 0.775. The fourth-order valence-electron chi connectivity index (χ4n) is 2.04. The van der Waals surface area contributed by atoms with Gasteiger partial charge in [-0.15, -0.1) is 0 Å². The first-order valence-corrected chi connectivity index (χ1v) is 8.94. The lowest BCUT2D eigenvalue weighted by Gasteiger charge is -2.22. The summed E-state index contributed by atoms with van der Waals surface area (Å²) in [5.41, 5.74) is 1.63. The van der Waals surface area contributed by atoms with E-state index in [0.717, 1.165) is 11.8 Å². The van der Waals surface area contributed by atoms with Gasteiger partial charge in [0.2, 0.25) is 10.0 Å². The maximum atomic E-state index is 12.1. The lowest BCUT2D eigenvalue weighted by atomic mass is 10.2.